The zero-order valence-electron chi connectivity index (χ0n) is 18.5. The SMILES string of the molecule is CCOC(=O)Nc1nc2c(-c3ccc([S+]([O-])CCN)c(S(N)(=O)=O)c3/C(N)=N/NN)cccc2s1. The topological polar surface area (TPSA) is 237 Å². The van der Waals surface area contributed by atoms with E-state index in [0.29, 0.717) is 15.8 Å². The summed E-state index contributed by atoms with van der Waals surface area (Å²) in [5.74, 6) is 4.98. The summed E-state index contributed by atoms with van der Waals surface area (Å²) < 4.78 is 43.8. The molecule has 1 atom stereocenters. The Kier molecular flexibility index (Phi) is 8.49. The fourth-order valence-electron chi connectivity index (χ4n) is 3.32. The molecule has 1 unspecified atom stereocenters. The van der Waals surface area contributed by atoms with Crippen LogP contribution in [0.15, 0.2) is 45.2 Å². The molecule has 10 N–H and O–H groups in total. The Morgan fingerprint density at radius 3 is 2.66 bits per heavy atom. The van der Waals surface area contributed by atoms with Gasteiger partial charge in [0.1, 0.15) is 10.6 Å². The molecule has 35 heavy (non-hydrogen) atoms. The normalized spacial score (nSPS) is 13.0. The third kappa shape index (κ3) is 5.81. The lowest BCUT2D eigenvalue weighted by Crippen LogP contribution is -2.29. The Morgan fingerprint density at radius 2 is 2.03 bits per heavy atom. The summed E-state index contributed by atoms with van der Waals surface area (Å²) in [5.41, 5.74) is 14.7. The predicted octanol–water partition coefficient (Wildman–Crippen LogP) is 0.329. The maximum absolute atomic E-state index is 12.8. The van der Waals surface area contributed by atoms with Crippen LogP contribution in [0.2, 0.25) is 0 Å². The van der Waals surface area contributed by atoms with E-state index >= 15 is 0 Å². The van der Waals surface area contributed by atoms with Crippen LogP contribution >= 0.6 is 11.3 Å². The van der Waals surface area contributed by atoms with Crippen molar-refractivity contribution in [2.45, 2.75) is 16.7 Å². The second-order valence-electron chi connectivity index (χ2n) is 6.84. The smallest absolute Gasteiger partial charge is 0.413 e. The highest BCUT2D eigenvalue weighted by Crippen LogP contribution is 2.38. The number of fused-ring (bicyclic) bond motifs is 1. The van der Waals surface area contributed by atoms with Gasteiger partial charge in [-0.3, -0.25) is 5.32 Å². The number of nitrogens with zero attached hydrogens (tertiary/aromatic N) is 2. The van der Waals surface area contributed by atoms with E-state index < -0.39 is 32.2 Å². The Hall–Kier alpha value is -2.99. The molecule has 0 saturated carbocycles. The van der Waals surface area contributed by atoms with Crippen molar-refractivity contribution in [3.05, 3.63) is 35.9 Å². The lowest BCUT2D eigenvalue weighted by Gasteiger charge is -2.19. The minimum absolute atomic E-state index is 0.00193. The number of para-hydroxylation sites is 1. The van der Waals surface area contributed by atoms with Crippen molar-refractivity contribution in [3.63, 3.8) is 0 Å². The number of hydrazone groups is 1. The minimum Gasteiger partial charge on any atom is -0.611 e. The van der Waals surface area contributed by atoms with E-state index in [-0.39, 0.29) is 45.9 Å². The largest absolute Gasteiger partial charge is 0.611 e. The van der Waals surface area contributed by atoms with Gasteiger partial charge in [-0.25, -0.2) is 34.7 Å². The molecule has 0 aliphatic carbocycles. The standard InChI is InChI=1S/C19H24N8O5S3/c1-2-32-19(28)25-18-24-15-11(4-3-5-12(15)33-18)10-6-7-13(34(29)9-8-20)16(35(23,30)31)14(10)17(21)26-27-22/h3-7,27H,2,8-9,20,22H2,1H3,(H2,21,26)(H2,23,30,31)(H,24,25,28). The molecule has 16 heteroatoms. The van der Waals surface area contributed by atoms with Gasteiger partial charge in [-0.2, -0.15) is 0 Å². The average Bonchev–Trinajstić information content (AvgIpc) is 3.20. The van der Waals surface area contributed by atoms with Crippen LogP contribution in [0.25, 0.3) is 21.3 Å². The molecular formula is C19H24N8O5S3. The minimum atomic E-state index is -4.45. The average molecular weight is 541 g/mol. The summed E-state index contributed by atoms with van der Waals surface area (Å²) in [7, 11) is -4.45. The number of primary sulfonamides is 1. The summed E-state index contributed by atoms with van der Waals surface area (Å²) in [5, 5.41) is 12.1. The molecule has 0 radical (unpaired) electrons. The van der Waals surface area contributed by atoms with Crippen LogP contribution in [0, 0.1) is 0 Å². The van der Waals surface area contributed by atoms with E-state index in [2.05, 4.69) is 15.4 Å². The number of hydrazine groups is 1. The Balaban J connectivity index is 2.33. The van der Waals surface area contributed by atoms with E-state index in [1.807, 2.05) is 5.53 Å². The molecule has 1 heterocycles. The quantitative estimate of drug-likeness (QED) is 0.0714. The molecule has 3 rings (SSSR count). The molecule has 188 valence electrons. The predicted molar refractivity (Wildman–Crippen MR) is 135 cm³/mol. The zero-order chi connectivity index (χ0) is 25.8. The van der Waals surface area contributed by atoms with Gasteiger partial charge < -0.3 is 20.8 Å². The van der Waals surface area contributed by atoms with Crippen molar-refractivity contribution in [2.75, 3.05) is 24.2 Å². The number of aromatic nitrogens is 1. The van der Waals surface area contributed by atoms with E-state index in [0.717, 1.165) is 0 Å². The van der Waals surface area contributed by atoms with Gasteiger partial charge in [0.15, 0.2) is 15.9 Å². The van der Waals surface area contributed by atoms with Crippen molar-refractivity contribution < 1.29 is 22.5 Å². The lowest BCUT2D eigenvalue weighted by atomic mass is 9.98. The Morgan fingerprint density at radius 1 is 1.29 bits per heavy atom. The van der Waals surface area contributed by atoms with Crippen LogP contribution in [0.1, 0.15) is 12.5 Å². The number of hydrogen-bond acceptors (Lipinski definition) is 11. The third-order valence-corrected chi connectivity index (χ3v) is 8.08. The Bertz CT molecular complexity index is 1380. The van der Waals surface area contributed by atoms with Gasteiger partial charge in [0.25, 0.3) is 0 Å². The number of amides is 1. The van der Waals surface area contributed by atoms with Crippen molar-refractivity contribution in [1.82, 2.24) is 10.5 Å². The second-order valence-corrected chi connectivity index (χ2v) is 10.9. The molecule has 13 nitrogen and oxygen atoms in total. The number of rotatable bonds is 9. The fraction of sp³-hybridized carbons (Fsp3) is 0.211. The van der Waals surface area contributed by atoms with Crippen LogP contribution in [0.3, 0.4) is 0 Å². The molecule has 0 aliphatic heterocycles. The number of benzene rings is 2. The number of carbonyl (C=O) groups excluding carboxylic acids is 1. The number of sulfonamides is 1. The summed E-state index contributed by atoms with van der Waals surface area (Å²) in [6.07, 6.45) is -0.664. The first kappa shape index (κ1) is 26.6. The van der Waals surface area contributed by atoms with Gasteiger partial charge in [-0.1, -0.05) is 23.5 Å². The van der Waals surface area contributed by atoms with Gasteiger partial charge in [0.2, 0.25) is 10.0 Å². The van der Waals surface area contributed by atoms with E-state index in [1.54, 1.807) is 31.2 Å². The summed E-state index contributed by atoms with van der Waals surface area (Å²) in [6, 6.07) is 8.10. The maximum atomic E-state index is 12.8. The first-order valence-corrected chi connectivity index (χ1v) is 13.7. The second kappa shape index (κ2) is 11.2. The number of nitrogens with two attached hydrogens (primary N) is 4. The number of thiazole rings is 1. The highest BCUT2D eigenvalue weighted by Gasteiger charge is 2.31. The number of hydrogen-bond donors (Lipinski definition) is 6. The number of carbonyl (C=O) groups is 1. The summed E-state index contributed by atoms with van der Waals surface area (Å²) >= 11 is -0.603. The molecule has 0 bridgehead atoms. The van der Waals surface area contributed by atoms with Crippen molar-refractivity contribution in [2.24, 2.45) is 27.6 Å². The Labute approximate surface area is 208 Å². The maximum Gasteiger partial charge on any atom is 0.413 e. The van der Waals surface area contributed by atoms with Gasteiger partial charge >= 0.3 is 6.09 Å². The molecule has 0 saturated heterocycles. The molecule has 1 amide bonds. The fourth-order valence-corrected chi connectivity index (χ4v) is 6.64. The highest BCUT2D eigenvalue weighted by molar-refractivity contribution is 7.93. The molecule has 0 spiro atoms. The zero-order valence-corrected chi connectivity index (χ0v) is 20.9. The number of anilines is 1. The first-order valence-electron chi connectivity index (χ1n) is 10.0. The summed E-state index contributed by atoms with van der Waals surface area (Å²) in [6.45, 7) is 1.91. The molecule has 3 aromatic rings. The molecule has 1 aromatic heterocycles. The number of amidine groups is 1. The number of ether oxygens (including phenoxy) is 1. The van der Waals surface area contributed by atoms with Crippen molar-refractivity contribution in [1.29, 1.82) is 0 Å². The molecule has 2 aromatic carbocycles. The molecule has 0 fully saturated rings. The number of nitrogens with one attached hydrogen (secondary N) is 2. The van der Waals surface area contributed by atoms with Gasteiger partial charge in [0, 0.05) is 12.1 Å². The van der Waals surface area contributed by atoms with E-state index in [1.165, 1.54) is 17.4 Å². The van der Waals surface area contributed by atoms with Crippen LogP contribution in [0.4, 0.5) is 9.93 Å². The van der Waals surface area contributed by atoms with E-state index in [4.69, 9.17) is 27.2 Å². The van der Waals surface area contributed by atoms with Gasteiger partial charge in [-0.15, -0.1) is 5.10 Å². The lowest BCUT2D eigenvalue weighted by molar-refractivity contribution is 0.168. The van der Waals surface area contributed by atoms with Crippen LogP contribution in [-0.2, 0) is 25.9 Å². The van der Waals surface area contributed by atoms with Crippen molar-refractivity contribution in [3.8, 4) is 11.1 Å². The summed E-state index contributed by atoms with van der Waals surface area (Å²) in [4.78, 5) is 15.8. The van der Waals surface area contributed by atoms with Crippen LogP contribution in [-0.4, -0.2) is 48.8 Å². The van der Waals surface area contributed by atoms with E-state index in [9.17, 15) is 17.8 Å². The van der Waals surface area contributed by atoms with Crippen LogP contribution < -0.4 is 33.3 Å². The highest BCUT2D eigenvalue weighted by atomic mass is 32.2. The van der Waals surface area contributed by atoms with Crippen molar-refractivity contribution >= 4 is 59.8 Å². The molecule has 0 aliphatic rings. The van der Waals surface area contributed by atoms with Crippen LogP contribution in [0.5, 0.6) is 0 Å². The first-order chi connectivity index (χ1) is 16.6. The molecular weight excluding hydrogens is 516 g/mol. The van der Waals surface area contributed by atoms with Gasteiger partial charge in [0.05, 0.1) is 22.4 Å². The monoisotopic (exact) mass is 540 g/mol. The van der Waals surface area contributed by atoms with Gasteiger partial charge in [-0.05, 0) is 41.9 Å². The third-order valence-electron chi connectivity index (χ3n) is 4.59.